The van der Waals surface area contributed by atoms with Gasteiger partial charge < -0.3 is 10.6 Å². The van der Waals surface area contributed by atoms with Gasteiger partial charge in [0, 0.05) is 31.4 Å². The van der Waals surface area contributed by atoms with Crippen LogP contribution in [-0.2, 0) is 6.54 Å². The maximum absolute atomic E-state index is 5.90. The molecule has 3 heteroatoms. The second-order valence-electron chi connectivity index (χ2n) is 5.84. The van der Waals surface area contributed by atoms with E-state index in [2.05, 4.69) is 42.8 Å². The Balaban J connectivity index is 2.08. The van der Waals surface area contributed by atoms with Crippen LogP contribution in [0.1, 0.15) is 30.9 Å². The summed E-state index contributed by atoms with van der Waals surface area (Å²) in [4.78, 5) is 5.09. The van der Waals surface area contributed by atoms with Crippen LogP contribution in [0.25, 0.3) is 0 Å². The van der Waals surface area contributed by atoms with Gasteiger partial charge in [-0.25, -0.2) is 0 Å². The Morgan fingerprint density at radius 2 is 2.11 bits per heavy atom. The van der Waals surface area contributed by atoms with Crippen LogP contribution in [0, 0.1) is 6.92 Å². The molecule has 0 aromatic heterocycles. The third-order valence-corrected chi connectivity index (χ3v) is 4.22. The second-order valence-corrected chi connectivity index (χ2v) is 5.84. The molecule has 2 N–H and O–H groups in total. The predicted molar refractivity (Wildman–Crippen MR) is 82.2 cm³/mol. The average molecular weight is 261 g/mol. The third-order valence-electron chi connectivity index (χ3n) is 4.22. The van der Waals surface area contributed by atoms with Gasteiger partial charge in [0.25, 0.3) is 0 Å². The summed E-state index contributed by atoms with van der Waals surface area (Å²) in [5, 5.41) is 0. The highest BCUT2D eigenvalue weighted by Gasteiger charge is 2.21. The van der Waals surface area contributed by atoms with E-state index in [0.29, 0.717) is 6.04 Å². The summed E-state index contributed by atoms with van der Waals surface area (Å²) in [5.41, 5.74) is 9.37. The predicted octanol–water partition coefficient (Wildman–Crippen LogP) is 2.49. The number of likely N-dealkylation sites (N-methyl/N-ethyl adjacent to an activating group) is 1. The topological polar surface area (TPSA) is 32.5 Å². The van der Waals surface area contributed by atoms with Crippen molar-refractivity contribution in [2.75, 3.05) is 32.4 Å². The van der Waals surface area contributed by atoms with E-state index < -0.39 is 0 Å². The van der Waals surface area contributed by atoms with Gasteiger partial charge in [-0.1, -0.05) is 19.1 Å². The largest absolute Gasteiger partial charge is 0.399 e. The lowest BCUT2D eigenvalue weighted by molar-refractivity contribution is 0.176. The molecule has 0 radical (unpaired) electrons. The molecule has 3 nitrogen and oxygen atoms in total. The molecule has 1 aliphatic heterocycles. The number of hydrogen-bond donors (Lipinski definition) is 1. The Morgan fingerprint density at radius 3 is 2.79 bits per heavy atom. The van der Waals surface area contributed by atoms with Crippen molar-refractivity contribution >= 4 is 5.69 Å². The molecule has 1 atom stereocenters. The normalized spacial score (nSPS) is 22.4. The summed E-state index contributed by atoms with van der Waals surface area (Å²) < 4.78 is 0. The number of hydrogen-bond acceptors (Lipinski definition) is 3. The highest BCUT2D eigenvalue weighted by atomic mass is 15.2. The van der Waals surface area contributed by atoms with Gasteiger partial charge in [0.2, 0.25) is 0 Å². The fraction of sp³-hybridized carbons (Fsp3) is 0.625. The molecule has 0 aliphatic carbocycles. The van der Waals surface area contributed by atoms with Gasteiger partial charge >= 0.3 is 0 Å². The molecule has 0 saturated carbocycles. The number of aryl methyl sites for hydroxylation is 1. The molecule has 1 saturated heterocycles. The summed E-state index contributed by atoms with van der Waals surface area (Å²) in [5.74, 6) is 0. The first-order chi connectivity index (χ1) is 9.10. The van der Waals surface area contributed by atoms with E-state index in [4.69, 9.17) is 5.73 Å². The molecule has 1 aliphatic rings. The minimum absolute atomic E-state index is 0.672. The molecule has 0 bridgehead atoms. The van der Waals surface area contributed by atoms with E-state index in [1.54, 1.807) is 0 Å². The highest BCUT2D eigenvalue weighted by Crippen LogP contribution is 2.18. The molecule has 1 aromatic rings. The molecule has 106 valence electrons. The molecule has 0 spiro atoms. The van der Waals surface area contributed by atoms with Crippen LogP contribution in [0.2, 0.25) is 0 Å². The first-order valence-corrected chi connectivity index (χ1v) is 7.37. The van der Waals surface area contributed by atoms with Gasteiger partial charge in [-0.2, -0.15) is 0 Å². The number of nitrogens with two attached hydrogens (primary N) is 1. The van der Waals surface area contributed by atoms with Crippen LogP contribution in [0.15, 0.2) is 18.2 Å². The van der Waals surface area contributed by atoms with Crippen LogP contribution < -0.4 is 5.73 Å². The quantitative estimate of drug-likeness (QED) is 0.849. The number of rotatable bonds is 3. The van der Waals surface area contributed by atoms with Crippen molar-refractivity contribution in [1.29, 1.82) is 0 Å². The van der Waals surface area contributed by atoms with Gasteiger partial charge in [0.05, 0.1) is 0 Å². The molecule has 1 fully saturated rings. The Hall–Kier alpha value is -1.06. The molecular weight excluding hydrogens is 234 g/mol. The van der Waals surface area contributed by atoms with E-state index in [1.165, 1.54) is 43.6 Å². The summed E-state index contributed by atoms with van der Waals surface area (Å²) in [6.45, 7) is 9.04. The third kappa shape index (κ3) is 3.71. The van der Waals surface area contributed by atoms with Gasteiger partial charge in [-0.05, 0) is 50.6 Å². The van der Waals surface area contributed by atoms with Crippen molar-refractivity contribution in [2.24, 2.45) is 0 Å². The SMILES string of the molecule is CCC1CN(C)CCCN1Cc1ccc(N)c(C)c1. The lowest BCUT2D eigenvalue weighted by Crippen LogP contribution is -2.39. The number of anilines is 1. The Kier molecular flexibility index (Phi) is 4.83. The van der Waals surface area contributed by atoms with Crippen molar-refractivity contribution in [3.05, 3.63) is 29.3 Å². The van der Waals surface area contributed by atoms with Crippen LogP contribution in [0.3, 0.4) is 0 Å². The Morgan fingerprint density at radius 1 is 1.32 bits per heavy atom. The van der Waals surface area contributed by atoms with Crippen molar-refractivity contribution in [3.8, 4) is 0 Å². The number of benzene rings is 1. The zero-order chi connectivity index (χ0) is 13.8. The molecule has 0 amide bonds. The lowest BCUT2D eigenvalue weighted by Gasteiger charge is -2.30. The van der Waals surface area contributed by atoms with Crippen molar-refractivity contribution in [2.45, 2.75) is 39.3 Å². The summed E-state index contributed by atoms with van der Waals surface area (Å²) in [7, 11) is 2.24. The first-order valence-electron chi connectivity index (χ1n) is 7.37. The molecule has 1 aromatic carbocycles. The lowest BCUT2D eigenvalue weighted by atomic mass is 10.1. The zero-order valence-electron chi connectivity index (χ0n) is 12.5. The van der Waals surface area contributed by atoms with Crippen LogP contribution in [0.5, 0.6) is 0 Å². The van der Waals surface area contributed by atoms with Crippen molar-refractivity contribution < 1.29 is 0 Å². The first kappa shape index (κ1) is 14.4. The fourth-order valence-electron chi connectivity index (χ4n) is 2.96. The van der Waals surface area contributed by atoms with E-state index in [-0.39, 0.29) is 0 Å². The Bertz CT molecular complexity index is 416. The van der Waals surface area contributed by atoms with E-state index in [1.807, 2.05) is 6.07 Å². The minimum atomic E-state index is 0.672. The van der Waals surface area contributed by atoms with Crippen LogP contribution in [0.4, 0.5) is 5.69 Å². The van der Waals surface area contributed by atoms with E-state index in [0.717, 1.165) is 12.2 Å². The van der Waals surface area contributed by atoms with E-state index >= 15 is 0 Å². The molecule has 2 rings (SSSR count). The number of nitrogens with zero attached hydrogens (tertiary/aromatic N) is 2. The van der Waals surface area contributed by atoms with Crippen molar-refractivity contribution in [3.63, 3.8) is 0 Å². The molecular formula is C16H27N3. The molecule has 19 heavy (non-hydrogen) atoms. The van der Waals surface area contributed by atoms with Gasteiger partial charge in [-0.3, -0.25) is 4.90 Å². The maximum Gasteiger partial charge on any atom is 0.0343 e. The monoisotopic (exact) mass is 261 g/mol. The summed E-state index contributed by atoms with van der Waals surface area (Å²) in [6, 6.07) is 7.11. The summed E-state index contributed by atoms with van der Waals surface area (Å²) in [6.07, 6.45) is 2.49. The standard InChI is InChI=1S/C16H27N3/c1-4-15-12-18(3)8-5-9-19(15)11-14-6-7-16(17)13(2)10-14/h6-7,10,15H,4-5,8-9,11-12,17H2,1-3H3. The molecule has 1 unspecified atom stereocenters. The fourth-order valence-corrected chi connectivity index (χ4v) is 2.96. The number of nitrogen functional groups attached to an aromatic ring is 1. The van der Waals surface area contributed by atoms with Crippen LogP contribution >= 0.6 is 0 Å². The smallest absolute Gasteiger partial charge is 0.0343 e. The second kappa shape index (κ2) is 6.40. The van der Waals surface area contributed by atoms with E-state index in [9.17, 15) is 0 Å². The molecule has 1 heterocycles. The highest BCUT2D eigenvalue weighted by molar-refractivity contribution is 5.47. The van der Waals surface area contributed by atoms with Gasteiger partial charge in [0.15, 0.2) is 0 Å². The van der Waals surface area contributed by atoms with Gasteiger partial charge in [0.1, 0.15) is 0 Å². The zero-order valence-corrected chi connectivity index (χ0v) is 12.5. The average Bonchev–Trinajstić information content (AvgIpc) is 2.56. The van der Waals surface area contributed by atoms with Crippen molar-refractivity contribution in [1.82, 2.24) is 9.80 Å². The van der Waals surface area contributed by atoms with Crippen LogP contribution in [-0.4, -0.2) is 42.5 Å². The minimum Gasteiger partial charge on any atom is -0.399 e. The maximum atomic E-state index is 5.90. The van der Waals surface area contributed by atoms with Gasteiger partial charge in [-0.15, -0.1) is 0 Å². The summed E-state index contributed by atoms with van der Waals surface area (Å²) >= 11 is 0. The Labute approximate surface area is 117 Å².